The lowest BCUT2D eigenvalue weighted by Gasteiger charge is -2.28. The van der Waals surface area contributed by atoms with Gasteiger partial charge in [0.25, 0.3) is 0 Å². The molecule has 130 valence electrons. The highest BCUT2D eigenvalue weighted by molar-refractivity contribution is 5.94. The van der Waals surface area contributed by atoms with E-state index in [0.717, 1.165) is 25.2 Å². The van der Waals surface area contributed by atoms with Gasteiger partial charge in [-0.2, -0.15) is 0 Å². The van der Waals surface area contributed by atoms with Gasteiger partial charge in [0, 0.05) is 26.3 Å². The highest BCUT2D eigenvalue weighted by Gasteiger charge is 2.26. The second-order valence-electron chi connectivity index (χ2n) is 6.14. The zero-order valence-electron chi connectivity index (χ0n) is 13.5. The lowest BCUT2D eigenvalue weighted by Crippen LogP contribution is -2.48. The minimum Gasteiger partial charge on any atom is -0.381 e. The van der Waals surface area contributed by atoms with Gasteiger partial charge in [0.1, 0.15) is 5.82 Å². The number of carbonyl (C=O) groups excluding carboxylic acids is 2. The summed E-state index contributed by atoms with van der Waals surface area (Å²) in [6.07, 6.45) is 3.21. The molecule has 3 heterocycles. The van der Waals surface area contributed by atoms with E-state index in [4.69, 9.17) is 10.5 Å². The van der Waals surface area contributed by atoms with E-state index in [1.807, 2.05) is 4.90 Å². The van der Waals surface area contributed by atoms with E-state index in [9.17, 15) is 9.59 Å². The maximum atomic E-state index is 12.3. The standard InChI is InChI=1S/C16H23N5O3/c17-15(11-3-7-24-8-4-11)16(23)20-12-1-2-13(19-9-12)21-6-5-18-14(22)10-21/h1-2,9,11,15H,3-8,10,17H2,(H,18,22)(H,20,23). The van der Waals surface area contributed by atoms with Crippen LogP contribution < -0.4 is 21.3 Å². The van der Waals surface area contributed by atoms with Crippen LogP contribution in [0.15, 0.2) is 18.3 Å². The predicted molar refractivity (Wildman–Crippen MR) is 89.6 cm³/mol. The first kappa shape index (κ1) is 16.7. The van der Waals surface area contributed by atoms with Gasteiger partial charge in [0.15, 0.2) is 0 Å². The SMILES string of the molecule is NC(C(=O)Nc1ccc(N2CCNC(=O)C2)nc1)C1CCOCC1. The third-order valence-electron chi connectivity index (χ3n) is 4.45. The normalized spacial score (nSPS) is 20.4. The Morgan fingerprint density at radius 3 is 2.88 bits per heavy atom. The van der Waals surface area contributed by atoms with Crippen molar-refractivity contribution in [1.82, 2.24) is 10.3 Å². The Morgan fingerprint density at radius 1 is 1.42 bits per heavy atom. The number of aromatic nitrogens is 1. The number of ether oxygens (including phenoxy) is 1. The summed E-state index contributed by atoms with van der Waals surface area (Å²) in [5, 5.41) is 5.59. The molecule has 0 aliphatic carbocycles. The van der Waals surface area contributed by atoms with E-state index in [0.29, 0.717) is 32.0 Å². The van der Waals surface area contributed by atoms with Crippen molar-refractivity contribution in [1.29, 1.82) is 0 Å². The third kappa shape index (κ3) is 4.01. The Kier molecular flexibility index (Phi) is 5.27. The molecule has 8 nitrogen and oxygen atoms in total. The number of nitrogens with one attached hydrogen (secondary N) is 2. The molecule has 1 atom stereocenters. The van der Waals surface area contributed by atoms with Crippen molar-refractivity contribution in [2.45, 2.75) is 18.9 Å². The number of amides is 2. The van der Waals surface area contributed by atoms with Crippen molar-refractivity contribution in [2.24, 2.45) is 11.7 Å². The Hall–Kier alpha value is -2.19. The average molecular weight is 333 g/mol. The quantitative estimate of drug-likeness (QED) is 0.698. The monoisotopic (exact) mass is 333 g/mol. The molecule has 0 aromatic carbocycles. The predicted octanol–water partition coefficient (Wildman–Crippen LogP) is -0.290. The van der Waals surface area contributed by atoms with Gasteiger partial charge in [0.2, 0.25) is 11.8 Å². The second-order valence-corrected chi connectivity index (χ2v) is 6.14. The molecule has 2 amide bonds. The summed E-state index contributed by atoms with van der Waals surface area (Å²) < 4.78 is 5.30. The van der Waals surface area contributed by atoms with Gasteiger partial charge in [-0.3, -0.25) is 9.59 Å². The fourth-order valence-electron chi connectivity index (χ4n) is 3.00. The van der Waals surface area contributed by atoms with Crippen LogP contribution >= 0.6 is 0 Å². The smallest absolute Gasteiger partial charge is 0.241 e. The van der Waals surface area contributed by atoms with Crippen LogP contribution in [-0.4, -0.2) is 55.7 Å². The molecule has 8 heteroatoms. The Morgan fingerprint density at radius 2 is 2.21 bits per heavy atom. The van der Waals surface area contributed by atoms with Crippen molar-refractivity contribution < 1.29 is 14.3 Å². The van der Waals surface area contributed by atoms with Gasteiger partial charge in [-0.15, -0.1) is 0 Å². The molecule has 1 aromatic rings. The molecule has 1 unspecified atom stereocenters. The highest BCUT2D eigenvalue weighted by Crippen LogP contribution is 2.19. The number of nitrogens with zero attached hydrogens (tertiary/aromatic N) is 2. The number of anilines is 2. The molecule has 0 radical (unpaired) electrons. The largest absolute Gasteiger partial charge is 0.381 e. The molecular formula is C16H23N5O3. The van der Waals surface area contributed by atoms with Gasteiger partial charge in [-0.05, 0) is 30.9 Å². The summed E-state index contributed by atoms with van der Waals surface area (Å²) in [5.74, 6) is 0.658. The van der Waals surface area contributed by atoms with Gasteiger partial charge in [-0.25, -0.2) is 4.98 Å². The molecule has 2 fully saturated rings. The summed E-state index contributed by atoms with van der Waals surface area (Å²) in [6.45, 7) is 2.95. The van der Waals surface area contributed by atoms with Crippen LogP contribution in [0.1, 0.15) is 12.8 Å². The van der Waals surface area contributed by atoms with Crippen molar-refractivity contribution in [3.8, 4) is 0 Å². The first-order valence-electron chi connectivity index (χ1n) is 8.25. The molecule has 2 saturated heterocycles. The average Bonchev–Trinajstić information content (AvgIpc) is 2.62. The van der Waals surface area contributed by atoms with E-state index in [1.165, 1.54) is 0 Å². The molecule has 0 saturated carbocycles. The summed E-state index contributed by atoms with van der Waals surface area (Å²) in [6, 6.07) is 3.04. The van der Waals surface area contributed by atoms with Crippen LogP contribution in [0.2, 0.25) is 0 Å². The fraction of sp³-hybridized carbons (Fsp3) is 0.562. The Bertz CT molecular complexity index is 586. The van der Waals surface area contributed by atoms with E-state index in [-0.39, 0.29) is 17.7 Å². The summed E-state index contributed by atoms with van der Waals surface area (Å²) in [4.78, 5) is 29.9. The number of rotatable bonds is 4. The zero-order chi connectivity index (χ0) is 16.9. The number of carbonyl (C=O) groups is 2. The molecule has 2 aliphatic rings. The number of nitrogens with two attached hydrogens (primary N) is 1. The summed E-state index contributed by atoms with van der Waals surface area (Å²) in [5.41, 5.74) is 6.67. The van der Waals surface area contributed by atoms with Crippen LogP contribution in [0.3, 0.4) is 0 Å². The molecule has 4 N–H and O–H groups in total. The molecule has 24 heavy (non-hydrogen) atoms. The lowest BCUT2D eigenvalue weighted by molar-refractivity contribution is -0.120. The number of hydrogen-bond donors (Lipinski definition) is 3. The number of pyridine rings is 1. The molecule has 0 bridgehead atoms. The van der Waals surface area contributed by atoms with Crippen molar-refractivity contribution >= 4 is 23.3 Å². The van der Waals surface area contributed by atoms with E-state index < -0.39 is 6.04 Å². The first-order chi connectivity index (χ1) is 11.6. The first-order valence-corrected chi connectivity index (χ1v) is 8.25. The fourth-order valence-corrected chi connectivity index (χ4v) is 3.00. The van der Waals surface area contributed by atoms with Crippen LogP contribution in [-0.2, 0) is 14.3 Å². The second kappa shape index (κ2) is 7.59. The Balaban J connectivity index is 1.57. The lowest BCUT2D eigenvalue weighted by atomic mass is 9.92. The van der Waals surface area contributed by atoms with Gasteiger partial charge in [-0.1, -0.05) is 0 Å². The van der Waals surface area contributed by atoms with E-state index >= 15 is 0 Å². The van der Waals surface area contributed by atoms with Crippen molar-refractivity contribution in [2.75, 3.05) is 43.1 Å². The zero-order valence-corrected chi connectivity index (χ0v) is 13.5. The topological polar surface area (TPSA) is 110 Å². The van der Waals surface area contributed by atoms with Crippen molar-refractivity contribution in [3.05, 3.63) is 18.3 Å². The Labute approximate surface area is 140 Å². The highest BCUT2D eigenvalue weighted by atomic mass is 16.5. The van der Waals surface area contributed by atoms with E-state index in [1.54, 1.807) is 18.3 Å². The molecule has 1 aromatic heterocycles. The minimum absolute atomic E-state index is 0.0112. The molecule has 2 aliphatic heterocycles. The molecule has 3 rings (SSSR count). The van der Waals surface area contributed by atoms with Crippen molar-refractivity contribution in [3.63, 3.8) is 0 Å². The summed E-state index contributed by atoms with van der Waals surface area (Å²) >= 11 is 0. The van der Waals surface area contributed by atoms with Gasteiger partial charge < -0.3 is 26.0 Å². The third-order valence-corrected chi connectivity index (χ3v) is 4.45. The molecule has 0 spiro atoms. The maximum Gasteiger partial charge on any atom is 0.241 e. The van der Waals surface area contributed by atoms with Crippen LogP contribution in [0, 0.1) is 5.92 Å². The summed E-state index contributed by atoms with van der Waals surface area (Å²) in [7, 11) is 0. The number of piperazine rings is 1. The van der Waals surface area contributed by atoms with E-state index in [2.05, 4.69) is 15.6 Å². The molecular weight excluding hydrogens is 310 g/mol. The van der Waals surface area contributed by atoms with Gasteiger partial charge >= 0.3 is 0 Å². The van der Waals surface area contributed by atoms with Crippen LogP contribution in [0.4, 0.5) is 11.5 Å². The minimum atomic E-state index is -0.542. The van der Waals surface area contributed by atoms with Gasteiger partial charge in [0.05, 0.1) is 24.5 Å². The van der Waals surface area contributed by atoms with Crippen LogP contribution in [0.25, 0.3) is 0 Å². The number of hydrogen-bond acceptors (Lipinski definition) is 6. The van der Waals surface area contributed by atoms with Crippen LogP contribution in [0.5, 0.6) is 0 Å². The maximum absolute atomic E-state index is 12.3.